The first kappa shape index (κ1) is 24.3. The molecule has 2 rings (SSSR count). The average molecular weight is 433 g/mol. The summed E-state index contributed by atoms with van der Waals surface area (Å²) >= 11 is 0. The van der Waals surface area contributed by atoms with Crippen LogP contribution in [0.25, 0.3) is 0 Å². The van der Waals surface area contributed by atoms with Gasteiger partial charge < -0.3 is 20.2 Å². The summed E-state index contributed by atoms with van der Waals surface area (Å²) in [5, 5.41) is 12.6. The smallest absolute Gasteiger partial charge is 0.270 e. The Balaban J connectivity index is 2.20. The maximum absolute atomic E-state index is 13.4. The van der Waals surface area contributed by atoms with Crippen LogP contribution in [0.4, 0.5) is 14.5 Å². The van der Waals surface area contributed by atoms with Gasteiger partial charge in [-0.3, -0.25) is 4.79 Å². The molecule has 1 fully saturated rings. The van der Waals surface area contributed by atoms with Crippen molar-refractivity contribution in [3.63, 3.8) is 0 Å². The highest BCUT2D eigenvalue weighted by molar-refractivity contribution is 6.01. The number of rotatable bonds is 8. The highest BCUT2D eigenvalue weighted by Crippen LogP contribution is 2.28. The molecule has 31 heavy (non-hydrogen) atoms. The van der Waals surface area contributed by atoms with Crippen LogP contribution < -0.4 is 5.32 Å². The van der Waals surface area contributed by atoms with Crippen LogP contribution in [-0.4, -0.2) is 58.9 Å². The van der Waals surface area contributed by atoms with E-state index in [-0.39, 0.29) is 24.1 Å². The van der Waals surface area contributed by atoms with Crippen molar-refractivity contribution in [3.8, 4) is 0 Å². The molecule has 1 aromatic carbocycles. The van der Waals surface area contributed by atoms with E-state index in [1.165, 1.54) is 18.2 Å². The van der Waals surface area contributed by atoms with Crippen molar-refractivity contribution in [2.24, 2.45) is 4.99 Å². The molecule has 0 aromatic heterocycles. The molecule has 8 heteroatoms. The molecular weight excluding hydrogens is 402 g/mol. The third-order valence-electron chi connectivity index (χ3n) is 5.01. The summed E-state index contributed by atoms with van der Waals surface area (Å²) in [6.45, 7) is 11.7. The van der Waals surface area contributed by atoms with E-state index in [4.69, 9.17) is 0 Å². The van der Waals surface area contributed by atoms with Gasteiger partial charge >= 0.3 is 0 Å². The fourth-order valence-corrected chi connectivity index (χ4v) is 3.42. The van der Waals surface area contributed by atoms with Crippen LogP contribution in [0.3, 0.4) is 0 Å². The van der Waals surface area contributed by atoms with E-state index in [1.54, 1.807) is 29.3 Å². The Morgan fingerprint density at radius 2 is 2.03 bits per heavy atom. The number of aliphatic hydroxyl groups is 1. The standard InChI is InChI=1S/C23H30F2N4O2/c1-5-12-26-22(17(3)27-19-9-7-18(8-10-19)23(4,24)25)28-13-14-29(21(31)6-2)20(16-28)11-15-30/h5-10,12,20,27,30H,2-3,11,13-16H2,1,4H3/b12-5-,26-22+. The van der Waals surface area contributed by atoms with Gasteiger partial charge in [0.2, 0.25) is 5.91 Å². The largest absolute Gasteiger partial charge is 0.396 e. The number of piperazine rings is 1. The van der Waals surface area contributed by atoms with Gasteiger partial charge in [-0.15, -0.1) is 0 Å². The van der Waals surface area contributed by atoms with Gasteiger partial charge in [0.05, 0.1) is 11.7 Å². The molecule has 0 radical (unpaired) electrons. The lowest BCUT2D eigenvalue weighted by atomic mass is 10.1. The number of hydrogen-bond acceptors (Lipinski definition) is 4. The minimum absolute atomic E-state index is 0.0472. The summed E-state index contributed by atoms with van der Waals surface area (Å²) in [6.07, 6.45) is 5.14. The lowest BCUT2D eigenvalue weighted by molar-refractivity contribution is -0.130. The summed E-state index contributed by atoms with van der Waals surface area (Å²) < 4.78 is 26.9. The van der Waals surface area contributed by atoms with Gasteiger partial charge in [-0.25, -0.2) is 13.8 Å². The maximum Gasteiger partial charge on any atom is 0.270 e. The first-order valence-electron chi connectivity index (χ1n) is 10.1. The zero-order valence-corrected chi connectivity index (χ0v) is 18.0. The normalized spacial score (nSPS) is 17.7. The molecule has 1 saturated heterocycles. The van der Waals surface area contributed by atoms with Gasteiger partial charge in [0.1, 0.15) is 0 Å². The van der Waals surface area contributed by atoms with Gasteiger partial charge in [0, 0.05) is 50.6 Å². The monoisotopic (exact) mass is 432 g/mol. The van der Waals surface area contributed by atoms with Gasteiger partial charge in [-0.1, -0.05) is 31.4 Å². The predicted octanol–water partition coefficient (Wildman–Crippen LogP) is 3.74. The predicted molar refractivity (Wildman–Crippen MR) is 120 cm³/mol. The third kappa shape index (κ3) is 6.49. The number of amidine groups is 1. The number of aliphatic imine (C=N–C) groups is 1. The molecule has 0 aliphatic carbocycles. The maximum atomic E-state index is 13.4. The molecular formula is C23H30F2N4O2. The molecule has 1 heterocycles. The molecule has 1 atom stereocenters. The number of carbonyl (C=O) groups is 1. The Labute approximate surface area is 182 Å². The minimum atomic E-state index is -2.90. The zero-order valence-electron chi connectivity index (χ0n) is 18.0. The van der Waals surface area contributed by atoms with E-state index < -0.39 is 5.92 Å². The van der Waals surface area contributed by atoms with Crippen molar-refractivity contribution in [2.45, 2.75) is 32.2 Å². The fraction of sp³-hybridized carbons (Fsp3) is 0.391. The molecule has 1 unspecified atom stereocenters. The number of anilines is 1. The van der Waals surface area contributed by atoms with Crippen molar-refractivity contribution < 1.29 is 18.7 Å². The number of aliphatic hydroxyl groups excluding tert-OH is 1. The van der Waals surface area contributed by atoms with Crippen LogP contribution in [0.1, 0.15) is 25.8 Å². The summed E-state index contributed by atoms with van der Waals surface area (Å²) in [4.78, 5) is 20.4. The lowest BCUT2D eigenvalue weighted by Gasteiger charge is -2.42. The molecule has 0 bridgehead atoms. The molecule has 1 aliphatic heterocycles. The second kappa shape index (κ2) is 10.9. The van der Waals surface area contributed by atoms with Crippen LogP contribution in [-0.2, 0) is 10.7 Å². The number of amides is 1. The number of nitrogens with zero attached hydrogens (tertiary/aromatic N) is 3. The van der Waals surface area contributed by atoms with Crippen molar-refractivity contribution in [2.75, 3.05) is 31.6 Å². The van der Waals surface area contributed by atoms with E-state index >= 15 is 0 Å². The van der Waals surface area contributed by atoms with Gasteiger partial charge in [0.25, 0.3) is 5.92 Å². The second-order valence-electron chi connectivity index (χ2n) is 7.35. The lowest BCUT2D eigenvalue weighted by Crippen LogP contribution is -2.57. The minimum Gasteiger partial charge on any atom is -0.396 e. The second-order valence-corrected chi connectivity index (χ2v) is 7.35. The molecule has 1 amide bonds. The van der Waals surface area contributed by atoms with E-state index in [0.29, 0.717) is 43.3 Å². The quantitative estimate of drug-likeness (QED) is 0.373. The van der Waals surface area contributed by atoms with Crippen LogP contribution >= 0.6 is 0 Å². The van der Waals surface area contributed by atoms with Crippen molar-refractivity contribution in [1.82, 2.24) is 9.80 Å². The summed E-state index contributed by atoms with van der Waals surface area (Å²) in [7, 11) is 0. The summed E-state index contributed by atoms with van der Waals surface area (Å²) in [5.41, 5.74) is 1.04. The molecule has 0 saturated carbocycles. The molecule has 0 spiro atoms. The number of carbonyl (C=O) groups excluding carboxylic acids is 1. The summed E-state index contributed by atoms with van der Waals surface area (Å²) in [6, 6.07) is 5.69. The third-order valence-corrected chi connectivity index (χ3v) is 5.01. The molecule has 1 aliphatic rings. The summed E-state index contributed by atoms with van der Waals surface area (Å²) in [5.74, 6) is -2.50. The fourth-order valence-electron chi connectivity index (χ4n) is 3.42. The highest BCUT2D eigenvalue weighted by Gasteiger charge is 2.31. The van der Waals surface area contributed by atoms with Crippen molar-refractivity contribution in [3.05, 3.63) is 67.0 Å². The van der Waals surface area contributed by atoms with Crippen LogP contribution in [0.2, 0.25) is 0 Å². The Hall–Kier alpha value is -3.00. The SMILES string of the molecule is C=CC(=O)N1CCN(/C(=N/C=C\C)C(=C)Nc2ccc(C(C)(F)F)cc2)CC1CCO. The highest BCUT2D eigenvalue weighted by atomic mass is 19.3. The number of allylic oxidation sites excluding steroid dienone is 1. The van der Waals surface area contributed by atoms with E-state index in [0.717, 1.165) is 6.92 Å². The Bertz CT molecular complexity index is 844. The number of alkyl halides is 2. The van der Waals surface area contributed by atoms with Crippen molar-refractivity contribution >= 4 is 17.4 Å². The number of hydrogen-bond donors (Lipinski definition) is 2. The Kier molecular flexibility index (Phi) is 8.50. The van der Waals surface area contributed by atoms with Gasteiger partial charge in [-0.2, -0.15) is 0 Å². The van der Waals surface area contributed by atoms with Crippen molar-refractivity contribution in [1.29, 1.82) is 0 Å². The number of nitrogens with one attached hydrogen (secondary N) is 1. The van der Waals surface area contributed by atoms with Gasteiger partial charge in [0.15, 0.2) is 5.84 Å². The number of halogens is 2. The van der Waals surface area contributed by atoms with Gasteiger partial charge in [-0.05, 0) is 31.6 Å². The Morgan fingerprint density at radius 3 is 2.58 bits per heavy atom. The van der Waals surface area contributed by atoms with E-state index in [2.05, 4.69) is 23.5 Å². The van der Waals surface area contributed by atoms with Crippen LogP contribution in [0, 0.1) is 0 Å². The molecule has 168 valence electrons. The van der Waals surface area contributed by atoms with Crippen LogP contribution in [0.5, 0.6) is 0 Å². The number of benzene rings is 1. The first-order valence-corrected chi connectivity index (χ1v) is 10.1. The topological polar surface area (TPSA) is 68.2 Å². The molecule has 1 aromatic rings. The molecule has 2 N–H and O–H groups in total. The van der Waals surface area contributed by atoms with E-state index in [9.17, 15) is 18.7 Å². The Morgan fingerprint density at radius 1 is 1.35 bits per heavy atom. The first-order chi connectivity index (χ1) is 14.7. The average Bonchev–Trinajstić information content (AvgIpc) is 2.73. The van der Waals surface area contributed by atoms with E-state index in [1.807, 2.05) is 11.8 Å². The van der Waals surface area contributed by atoms with Crippen LogP contribution in [0.15, 0.2) is 66.5 Å². The molecule has 6 nitrogen and oxygen atoms in total. The zero-order chi connectivity index (χ0) is 23.0.